The molecular formula is C9H13N3OS2. The van der Waals surface area contributed by atoms with E-state index in [0.717, 1.165) is 23.6 Å². The molecule has 1 saturated heterocycles. The van der Waals surface area contributed by atoms with Crippen molar-refractivity contribution in [2.75, 3.05) is 17.2 Å². The van der Waals surface area contributed by atoms with Gasteiger partial charge in [0.25, 0.3) is 0 Å². The van der Waals surface area contributed by atoms with Crippen molar-refractivity contribution in [2.24, 2.45) is 0 Å². The lowest BCUT2D eigenvalue weighted by atomic mass is 10.2. The minimum Gasteiger partial charge on any atom is -0.375 e. The van der Waals surface area contributed by atoms with E-state index in [4.69, 9.17) is 5.73 Å². The van der Waals surface area contributed by atoms with Gasteiger partial charge in [-0.15, -0.1) is 11.3 Å². The van der Waals surface area contributed by atoms with E-state index >= 15 is 0 Å². The Balaban J connectivity index is 1.81. The van der Waals surface area contributed by atoms with Crippen LogP contribution in [0.4, 0.5) is 5.13 Å². The molecule has 1 atom stereocenters. The molecule has 82 valence electrons. The van der Waals surface area contributed by atoms with E-state index in [0.29, 0.717) is 17.6 Å². The molecule has 1 amide bonds. The smallest absolute Gasteiger partial charge is 0.226 e. The van der Waals surface area contributed by atoms with Crippen molar-refractivity contribution in [3.8, 4) is 0 Å². The van der Waals surface area contributed by atoms with Crippen molar-refractivity contribution < 1.29 is 4.79 Å². The van der Waals surface area contributed by atoms with E-state index in [2.05, 4.69) is 10.3 Å². The third kappa shape index (κ3) is 3.10. The lowest BCUT2D eigenvalue weighted by Gasteiger charge is -2.09. The molecule has 0 radical (unpaired) electrons. The number of nitrogens with zero attached hydrogens (tertiary/aromatic N) is 1. The lowest BCUT2D eigenvalue weighted by Crippen LogP contribution is -2.35. The van der Waals surface area contributed by atoms with E-state index in [-0.39, 0.29) is 5.91 Å². The van der Waals surface area contributed by atoms with Gasteiger partial charge in [-0.2, -0.15) is 11.8 Å². The molecule has 15 heavy (non-hydrogen) atoms. The predicted molar refractivity (Wildman–Crippen MR) is 64.1 cm³/mol. The number of rotatable bonds is 3. The zero-order valence-corrected chi connectivity index (χ0v) is 9.87. The van der Waals surface area contributed by atoms with Crippen molar-refractivity contribution >= 4 is 34.1 Å². The molecule has 1 aromatic rings. The number of anilines is 1. The summed E-state index contributed by atoms with van der Waals surface area (Å²) < 4.78 is 0. The summed E-state index contributed by atoms with van der Waals surface area (Å²) in [4.78, 5) is 15.6. The Morgan fingerprint density at radius 1 is 1.73 bits per heavy atom. The fourth-order valence-electron chi connectivity index (χ4n) is 1.50. The molecule has 3 N–H and O–H groups in total. The van der Waals surface area contributed by atoms with Crippen molar-refractivity contribution in [3.63, 3.8) is 0 Å². The number of nitrogens with two attached hydrogens (primary N) is 1. The maximum absolute atomic E-state index is 11.6. The van der Waals surface area contributed by atoms with E-state index in [9.17, 15) is 4.79 Å². The van der Waals surface area contributed by atoms with E-state index < -0.39 is 0 Å². The van der Waals surface area contributed by atoms with Gasteiger partial charge in [0.2, 0.25) is 5.91 Å². The summed E-state index contributed by atoms with van der Waals surface area (Å²) in [5.41, 5.74) is 6.25. The Labute approximate surface area is 96.6 Å². The van der Waals surface area contributed by atoms with Crippen molar-refractivity contribution in [2.45, 2.75) is 18.9 Å². The second-order valence-electron chi connectivity index (χ2n) is 3.48. The third-order valence-electron chi connectivity index (χ3n) is 2.21. The van der Waals surface area contributed by atoms with Crippen LogP contribution in [0.2, 0.25) is 0 Å². The first-order chi connectivity index (χ1) is 7.24. The van der Waals surface area contributed by atoms with Gasteiger partial charge in [-0.05, 0) is 12.2 Å². The molecule has 2 rings (SSSR count). The first-order valence-electron chi connectivity index (χ1n) is 4.81. The summed E-state index contributed by atoms with van der Waals surface area (Å²) in [6.07, 6.45) is 1.42. The first kappa shape index (κ1) is 10.8. The minimum absolute atomic E-state index is 0.0489. The van der Waals surface area contributed by atoms with Gasteiger partial charge in [0.05, 0.1) is 12.1 Å². The molecule has 0 spiro atoms. The summed E-state index contributed by atoms with van der Waals surface area (Å²) in [5.74, 6) is 2.23. The number of hydrogen-bond acceptors (Lipinski definition) is 5. The average Bonchev–Trinajstić information content (AvgIpc) is 2.77. The molecule has 0 aliphatic carbocycles. The molecule has 0 saturated carbocycles. The maximum atomic E-state index is 11.6. The number of hydrogen-bond donors (Lipinski definition) is 2. The zero-order valence-electron chi connectivity index (χ0n) is 8.23. The zero-order chi connectivity index (χ0) is 10.7. The summed E-state index contributed by atoms with van der Waals surface area (Å²) >= 11 is 3.26. The number of thiazole rings is 1. The predicted octanol–water partition coefficient (Wildman–Crippen LogP) is 0.889. The average molecular weight is 243 g/mol. The van der Waals surface area contributed by atoms with Crippen LogP contribution in [0.5, 0.6) is 0 Å². The van der Waals surface area contributed by atoms with Crippen molar-refractivity contribution in [1.82, 2.24) is 10.3 Å². The van der Waals surface area contributed by atoms with Crippen LogP contribution < -0.4 is 11.1 Å². The summed E-state index contributed by atoms with van der Waals surface area (Å²) in [7, 11) is 0. The van der Waals surface area contributed by atoms with Crippen LogP contribution in [0.3, 0.4) is 0 Å². The molecule has 2 heterocycles. The van der Waals surface area contributed by atoms with Gasteiger partial charge in [-0.25, -0.2) is 4.98 Å². The number of thioether (sulfide) groups is 1. The highest BCUT2D eigenvalue weighted by atomic mass is 32.2. The van der Waals surface area contributed by atoms with Crippen LogP contribution in [0, 0.1) is 0 Å². The molecule has 0 bridgehead atoms. The SMILES string of the molecule is Nc1nc(CC(=O)NC2CCSC2)cs1. The number of nitrogen functional groups attached to an aromatic ring is 1. The number of carbonyl (C=O) groups excluding carboxylic acids is 1. The summed E-state index contributed by atoms with van der Waals surface area (Å²) in [6.45, 7) is 0. The Morgan fingerprint density at radius 3 is 3.20 bits per heavy atom. The molecule has 6 heteroatoms. The highest BCUT2D eigenvalue weighted by Crippen LogP contribution is 2.17. The van der Waals surface area contributed by atoms with Crippen LogP contribution in [0.1, 0.15) is 12.1 Å². The molecular weight excluding hydrogens is 230 g/mol. The Hall–Kier alpha value is -0.750. The fraction of sp³-hybridized carbons (Fsp3) is 0.556. The monoisotopic (exact) mass is 243 g/mol. The van der Waals surface area contributed by atoms with Gasteiger partial charge in [0.1, 0.15) is 0 Å². The van der Waals surface area contributed by atoms with Gasteiger partial charge >= 0.3 is 0 Å². The third-order valence-corrected chi connectivity index (χ3v) is 4.09. The number of carbonyl (C=O) groups is 1. The molecule has 1 aliphatic heterocycles. The normalized spacial score (nSPS) is 20.4. The highest BCUT2D eigenvalue weighted by Gasteiger charge is 2.17. The van der Waals surface area contributed by atoms with Gasteiger partial charge in [0.15, 0.2) is 5.13 Å². The van der Waals surface area contributed by atoms with Gasteiger partial charge in [-0.1, -0.05) is 0 Å². The maximum Gasteiger partial charge on any atom is 0.226 e. The molecule has 0 aromatic carbocycles. The Morgan fingerprint density at radius 2 is 2.60 bits per heavy atom. The summed E-state index contributed by atoms with van der Waals surface area (Å²) in [6, 6.07) is 0.346. The largest absolute Gasteiger partial charge is 0.375 e. The van der Waals surface area contributed by atoms with Gasteiger partial charge in [0, 0.05) is 17.2 Å². The van der Waals surface area contributed by atoms with E-state index in [1.54, 1.807) is 0 Å². The van der Waals surface area contributed by atoms with Gasteiger partial charge in [-0.3, -0.25) is 4.79 Å². The van der Waals surface area contributed by atoms with Crippen LogP contribution in [-0.4, -0.2) is 28.4 Å². The summed E-state index contributed by atoms with van der Waals surface area (Å²) in [5, 5.41) is 5.35. The Kier molecular flexibility index (Phi) is 3.48. The second-order valence-corrected chi connectivity index (χ2v) is 5.52. The molecule has 4 nitrogen and oxygen atoms in total. The molecule has 1 aliphatic rings. The number of amides is 1. The van der Waals surface area contributed by atoms with Gasteiger partial charge < -0.3 is 11.1 Å². The van der Waals surface area contributed by atoms with E-state index in [1.165, 1.54) is 11.3 Å². The van der Waals surface area contributed by atoms with Crippen LogP contribution in [0.15, 0.2) is 5.38 Å². The first-order valence-corrected chi connectivity index (χ1v) is 6.84. The number of nitrogens with one attached hydrogen (secondary N) is 1. The topological polar surface area (TPSA) is 68.0 Å². The van der Waals surface area contributed by atoms with E-state index in [1.807, 2.05) is 17.1 Å². The molecule has 1 fully saturated rings. The number of aromatic nitrogens is 1. The highest BCUT2D eigenvalue weighted by molar-refractivity contribution is 7.99. The fourth-order valence-corrected chi connectivity index (χ4v) is 3.21. The van der Waals surface area contributed by atoms with Crippen LogP contribution >= 0.6 is 23.1 Å². The lowest BCUT2D eigenvalue weighted by molar-refractivity contribution is -0.121. The van der Waals surface area contributed by atoms with Crippen molar-refractivity contribution in [1.29, 1.82) is 0 Å². The van der Waals surface area contributed by atoms with Crippen LogP contribution in [0.25, 0.3) is 0 Å². The Bertz CT molecular complexity index is 347. The molecule has 1 aromatic heterocycles. The second kappa shape index (κ2) is 4.85. The van der Waals surface area contributed by atoms with Crippen molar-refractivity contribution in [3.05, 3.63) is 11.1 Å². The minimum atomic E-state index is 0.0489. The standard InChI is InChI=1S/C9H13N3OS2/c10-9-12-7(5-15-9)3-8(13)11-6-1-2-14-4-6/h5-6H,1-4H2,(H2,10,12)(H,11,13). The van der Waals surface area contributed by atoms with Crippen LogP contribution in [-0.2, 0) is 11.2 Å². The quantitative estimate of drug-likeness (QED) is 0.827. The molecule has 1 unspecified atom stereocenters.